The quantitative estimate of drug-likeness (QED) is 0.635. The summed E-state index contributed by atoms with van der Waals surface area (Å²) in [6.45, 7) is 3.34. The molecule has 1 atom stereocenters. The average Bonchev–Trinajstić information content (AvgIpc) is 3.18. The zero-order valence-corrected chi connectivity index (χ0v) is 16.7. The molecule has 0 bridgehead atoms. The van der Waals surface area contributed by atoms with Crippen LogP contribution in [0.5, 0.6) is 0 Å². The van der Waals surface area contributed by atoms with Crippen molar-refractivity contribution in [2.75, 3.05) is 18.4 Å². The number of halogens is 3. The summed E-state index contributed by atoms with van der Waals surface area (Å²) >= 11 is 1.72. The van der Waals surface area contributed by atoms with Gasteiger partial charge in [-0.15, -0.1) is 11.3 Å². The molecule has 4 nitrogen and oxygen atoms in total. The van der Waals surface area contributed by atoms with Gasteiger partial charge >= 0.3 is 0 Å². The zero-order chi connectivity index (χ0) is 20.5. The predicted molar refractivity (Wildman–Crippen MR) is 107 cm³/mol. The SMILES string of the molecule is C[C@@H](C(=O)Nc1ccc(F)c(F)c1F)[NH+]1CCC(c2nc3ccccc3s2)CC1. The van der Waals surface area contributed by atoms with Crippen LogP contribution < -0.4 is 10.2 Å². The maximum atomic E-state index is 13.8. The van der Waals surface area contributed by atoms with E-state index in [-0.39, 0.29) is 5.69 Å². The highest BCUT2D eigenvalue weighted by atomic mass is 32.1. The lowest BCUT2D eigenvalue weighted by Gasteiger charge is -2.31. The van der Waals surface area contributed by atoms with E-state index in [9.17, 15) is 18.0 Å². The van der Waals surface area contributed by atoms with Gasteiger partial charge in [0, 0.05) is 18.8 Å². The van der Waals surface area contributed by atoms with Crippen molar-refractivity contribution >= 4 is 33.1 Å². The molecule has 1 aliphatic rings. The van der Waals surface area contributed by atoms with E-state index < -0.39 is 29.4 Å². The standard InChI is InChI=1S/C21H20F3N3OS/c1-12(20(28)25-16-7-6-14(22)18(23)19(16)24)27-10-8-13(9-11-27)21-26-15-4-2-3-5-17(15)29-21/h2-7,12-13H,8-11H2,1H3,(H,25,28)/p+1/t12-/m0/s1. The number of carbonyl (C=O) groups is 1. The van der Waals surface area contributed by atoms with Crippen LogP contribution in [-0.4, -0.2) is 30.0 Å². The van der Waals surface area contributed by atoms with Crippen molar-refractivity contribution < 1.29 is 22.9 Å². The Labute approximate surface area is 170 Å². The highest BCUT2D eigenvalue weighted by Gasteiger charge is 2.32. The molecule has 1 saturated heterocycles. The van der Waals surface area contributed by atoms with Gasteiger partial charge in [-0.3, -0.25) is 4.79 Å². The first-order valence-corrected chi connectivity index (χ1v) is 10.4. The Hall–Kier alpha value is -2.45. The molecule has 0 radical (unpaired) electrons. The van der Waals surface area contributed by atoms with Gasteiger partial charge < -0.3 is 10.2 Å². The monoisotopic (exact) mass is 420 g/mol. The average molecular weight is 420 g/mol. The fourth-order valence-corrected chi connectivity index (χ4v) is 4.92. The smallest absolute Gasteiger partial charge is 0.282 e. The summed E-state index contributed by atoms with van der Waals surface area (Å²) in [5.41, 5.74) is 0.674. The first kappa shape index (κ1) is 19.8. The molecule has 8 heteroatoms. The van der Waals surface area contributed by atoms with E-state index in [0.29, 0.717) is 5.92 Å². The minimum absolute atomic E-state index is 0.343. The van der Waals surface area contributed by atoms with Crippen LogP contribution in [0.3, 0.4) is 0 Å². The van der Waals surface area contributed by atoms with Gasteiger partial charge in [-0.05, 0) is 31.2 Å². The largest absolute Gasteiger partial charge is 0.325 e. The Balaban J connectivity index is 1.37. The molecule has 3 aromatic rings. The number of hydrogen-bond acceptors (Lipinski definition) is 3. The van der Waals surface area contributed by atoms with Crippen molar-refractivity contribution in [2.45, 2.75) is 31.7 Å². The van der Waals surface area contributed by atoms with Gasteiger partial charge in [0.15, 0.2) is 23.5 Å². The van der Waals surface area contributed by atoms with Crippen LogP contribution in [-0.2, 0) is 4.79 Å². The molecule has 29 heavy (non-hydrogen) atoms. The number of thiazole rings is 1. The van der Waals surface area contributed by atoms with Crippen molar-refractivity contribution in [3.05, 3.63) is 58.9 Å². The number of anilines is 1. The van der Waals surface area contributed by atoms with Gasteiger partial charge in [0.25, 0.3) is 5.91 Å². The second-order valence-electron chi connectivity index (χ2n) is 7.39. The number of para-hydroxylation sites is 1. The van der Waals surface area contributed by atoms with Crippen LogP contribution >= 0.6 is 11.3 Å². The highest BCUT2D eigenvalue weighted by molar-refractivity contribution is 7.18. The van der Waals surface area contributed by atoms with E-state index in [2.05, 4.69) is 11.4 Å². The van der Waals surface area contributed by atoms with Crippen LogP contribution in [0.15, 0.2) is 36.4 Å². The summed E-state index contributed by atoms with van der Waals surface area (Å²) in [6, 6.07) is 9.48. The molecule has 1 amide bonds. The Morgan fingerprint density at radius 1 is 1.14 bits per heavy atom. The number of quaternary nitrogens is 1. The number of hydrogen-bond donors (Lipinski definition) is 2. The van der Waals surface area contributed by atoms with Crippen LogP contribution in [0, 0.1) is 17.5 Å². The molecule has 0 saturated carbocycles. The third-order valence-electron chi connectivity index (χ3n) is 5.59. The molecule has 4 rings (SSSR count). The number of nitrogens with zero attached hydrogens (tertiary/aromatic N) is 1. The Kier molecular flexibility index (Phi) is 5.56. The maximum absolute atomic E-state index is 13.8. The van der Waals surface area contributed by atoms with Gasteiger partial charge in [0.2, 0.25) is 0 Å². The lowest BCUT2D eigenvalue weighted by atomic mass is 9.96. The number of amides is 1. The first-order chi connectivity index (χ1) is 13.9. The summed E-state index contributed by atoms with van der Waals surface area (Å²) in [4.78, 5) is 18.3. The summed E-state index contributed by atoms with van der Waals surface area (Å²) in [6.07, 6.45) is 1.82. The first-order valence-electron chi connectivity index (χ1n) is 9.58. The second-order valence-corrected chi connectivity index (χ2v) is 8.45. The Morgan fingerprint density at radius 2 is 1.86 bits per heavy atom. The third-order valence-corrected chi connectivity index (χ3v) is 6.79. The molecule has 0 unspecified atom stereocenters. The van der Waals surface area contributed by atoms with E-state index in [0.717, 1.165) is 53.5 Å². The molecule has 2 N–H and O–H groups in total. The molecule has 1 fully saturated rings. The molecule has 1 aromatic heterocycles. The van der Waals surface area contributed by atoms with Crippen LogP contribution in [0.4, 0.5) is 18.9 Å². The lowest BCUT2D eigenvalue weighted by Crippen LogP contribution is -3.17. The molecule has 0 aliphatic carbocycles. The van der Waals surface area contributed by atoms with Crippen molar-refractivity contribution in [3.63, 3.8) is 0 Å². The summed E-state index contributed by atoms with van der Waals surface area (Å²) in [5, 5.41) is 3.51. The van der Waals surface area contributed by atoms with E-state index in [1.165, 1.54) is 4.70 Å². The zero-order valence-electron chi connectivity index (χ0n) is 15.8. The van der Waals surface area contributed by atoms with Gasteiger partial charge in [-0.1, -0.05) is 12.1 Å². The number of fused-ring (bicyclic) bond motifs is 1. The fraction of sp³-hybridized carbons (Fsp3) is 0.333. The van der Waals surface area contributed by atoms with Crippen molar-refractivity contribution in [2.24, 2.45) is 0 Å². The highest BCUT2D eigenvalue weighted by Crippen LogP contribution is 2.31. The van der Waals surface area contributed by atoms with Crippen LogP contribution in [0.1, 0.15) is 30.7 Å². The summed E-state index contributed by atoms with van der Waals surface area (Å²) in [7, 11) is 0. The Bertz CT molecular complexity index is 1010. The summed E-state index contributed by atoms with van der Waals surface area (Å²) < 4.78 is 41.4. The molecule has 2 heterocycles. The van der Waals surface area contributed by atoms with E-state index in [1.807, 2.05) is 18.2 Å². The fourth-order valence-electron chi connectivity index (χ4n) is 3.78. The number of aromatic nitrogens is 1. The number of likely N-dealkylation sites (tertiary alicyclic amines) is 1. The number of piperidine rings is 1. The van der Waals surface area contributed by atoms with Gasteiger partial charge in [0.1, 0.15) is 0 Å². The Morgan fingerprint density at radius 3 is 2.59 bits per heavy atom. The van der Waals surface area contributed by atoms with E-state index in [4.69, 9.17) is 4.98 Å². The number of rotatable bonds is 4. The molecule has 2 aromatic carbocycles. The van der Waals surface area contributed by atoms with E-state index in [1.54, 1.807) is 18.3 Å². The minimum Gasteiger partial charge on any atom is -0.325 e. The maximum Gasteiger partial charge on any atom is 0.282 e. The molecule has 1 aliphatic heterocycles. The van der Waals surface area contributed by atoms with Crippen molar-refractivity contribution in [1.82, 2.24) is 4.98 Å². The van der Waals surface area contributed by atoms with Crippen LogP contribution in [0.2, 0.25) is 0 Å². The van der Waals surface area contributed by atoms with Crippen molar-refractivity contribution in [3.8, 4) is 0 Å². The second kappa shape index (κ2) is 8.12. The van der Waals surface area contributed by atoms with Gasteiger partial charge in [-0.2, -0.15) is 0 Å². The molecular formula is C21H21F3N3OS+. The predicted octanol–water partition coefficient (Wildman–Crippen LogP) is 3.50. The normalized spacial score (nSPS) is 20.6. The van der Waals surface area contributed by atoms with Crippen LogP contribution in [0.25, 0.3) is 10.2 Å². The minimum atomic E-state index is -1.58. The number of nitrogens with one attached hydrogen (secondary N) is 2. The van der Waals surface area contributed by atoms with Gasteiger partial charge in [-0.25, -0.2) is 18.2 Å². The molecule has 0 spiro atoms. The number of benzene rings is 2. The van der Waals surface area contributed by atoms with Gasteiger partial charge in [0.05, 0.1) is 34.0 Å². The molecular weight excluding hydrogens is 399 g/mol. The van der Waals surface area contributed by atoms with E-state index >= 15 is 0 Å². The molecule has 152 valence electrons. The number of carbonyl (C=O) groups excluding carboxylic acids is 1. The van der Waals surface area contributed by atoms with Crippen molar-refractivity contribution in [1.29, 1.82) is 0 Å². The summed E-state index contributed by atoms with van der Waals surface area (Å²) in [5.74, 6) is -4.29. The lowest BCUT2D eigenvalue weighted by molar-refractivity contribution is -0.919. The topological polar surface area (TPSA) is 46.4 Å². The third kappa shape index (κ3) is 4.00.